The fraction of sp³-hybridized carbons (Fsp3) is 0.286. The van der Waals surface area contributed by atoms with Crippen molar-refractivity contribution in [2.75, 3.05) is 5.75 Å². The number of benzene rings is 2. The number of ether oxygens (including phenoxy) is 1. The number of carbonyl (C=O) groups is 1. The Labute approximate surface area is 222 Å². The maximum Gasteiger partial charge on any atom is 0.268 e. The number of ketones is 1. The lowest BCUT2D eigenvalue weighted by atomic mass is 9.96. The summed E-state index contributed by atoms with van der Waals surface area (Å²) < 4.78 is 9.72. The van der Waals surface area contributed by atoms with Crippen LogP contribution in [0.25, 0.3) is 21.7 Å². The monoisotopic (exact) mass is 530 g/mol. The van der Waals surface area contributed by atoms with Crippen molar-refractivity contribution < 1.29 is 9.53 Å². The van der Waals surface area contributed by atoms with E-state index in [1.54, 1.807) is 15.9 Å². The Hall–Kier alpha value is -3.27. The Morgan fingerprint density at radius 3 is 2.73 bits per heavy atom. The van der Waals surface area contributed by atoms with Crippen LogP contribution in [-0.4, -0.2) is 36.8 Å². The molecule has 5 aromatic rings. The molecule has 0 N–H and O–H groups in total. The number of rotatable bonds is 6. The van der Waals surface area contributed by atoms with Crippen LogP contribution in [0.4, 0.5) is 0 Å². The number of carbonyl (C=O) groups excluding carboxylic acids is 1. The van der Waals surface area contributed by atoms with Crippen molar-refractivity contribution >= 4 is 44.9 Å². The van der Waals surface area contributed by atoms with Crippen LogP contribution < -0.4 is 5.56 Å². The topological polar surface area (TPSA) is 78.5 Å². The van der Waals surface area contributed by atoms with E-state index < -0.39 is 0 Å². The van der Waals surface area contributed by atoms with E-state index in [0.29, 0.717) is 40.8 Å². The van der Waals surface area contributed by atoms with E-state index in [2.05, 4.69) is 24.0 Å². The fourth-order valence-electron chi connectivity index (χ4n) is 4.80. The number of hydrogen-bond donors (Lipinski definition) is 0. The molecule has 0 unspecified atom stereocenters. The largest absolute Gasteiger partial charge is 0.372 e. The Bertz CT molecular complexity index is 1700. The van der Waals surface area contributed by atoms with Crippen LogP contribution in [0.5, 0.6) is 0 Å². The second-order valence-corrected chi connectivity index (χ2v) is 11.7. The van der Waals surface area contributed by atoms with E-state index >= 15 is 0 Å². The summed E-state index contributed by atoms with van der Waals surface area (Å²) in [6.45, 7) is 6.78. The van der Waals surface area contributed by atoms with Crippen molar-refractivity contribution in [1.29, 1.82) is 0 Å². The molecule has 0 bridgehead atoms. The van der Waals surface area contributed by atoms with Crippen molar-refractivity contribution in [3.05, 3.63) is 86.5 Å². The first-order chi connectivity index (χ1) is 17.9. The Balaban J connectivity index is 1.55. The van der Waals surface area contributed by atoms with Crippen LogP contribution in [0, 0.1) is 12.8 Å². The molecule has 0 spiro atoms. The zero-order chi connectivity index (χ0) is 25.7. The van der Waals surface area contributed by atoms with E-state index in [-0.39, 0.29) is 23.2 Å². The van der Waals surface area contributed by atoms with Crippen molar-refractivity contribution in [2.45, 2.75) is 45.1 Å². The van der Waals surface area contributed by atoms with E-state index in [1.165, 1.54) is 11.8 Å². The summed E-state index contributed by atoms with van der Waals surface area (Å²) in [4.78, 5) is 28.8. The van der Waals surface area contributed by atoms with Crippen LogP contribution in [-0.2, 0) is 17.8 Å². The summed E-state index contributed by atoms with van der Waals surface area (Å²) in [6.07, 6.45) is 0.754. The molecule has 1 atom stereocenters. The number of aromatic nitrogens is 4. The second kappa shape index (κ2) is 9.55. The number of thioether (sulfide) groups is 1. The molecule has 7 nitrogen and oxygen atoms in total. The van der Waals surface area contributed by atoms with Gasteiger partial charge in [0.05, 0.1) is 29.5 Å². The van der Waals surface area contributed by atoms with Gasteiger partial charge in [-0.3, -0.25) is 9.59 Å². The number of fused-ring (bicyclic) bond motifs is 5. The number of aryl methyl sites for hydroxylation is 1. The Morgan fingerprint density at radius 2 is 1.97 bits per heavy atom. The summed E-state index contributed by atoms with van der Waals surface area (Å²) in [7, 11) is 0. The lowest BCUT2D eigenvalue weighted by Crippen LogP contribution is -2.28. The normalized spacial score (nSPS) is 15.5. The van der Waals surface area contributed by atoms with Gasteiger partial charge in [0, 0.05) is 16.9 Å². The minimum Gasteiger partial charge on any atom is -0.372 e. The van der Waals surface area contributed by atoms with Crippen LogP contribution in [0.2, 0.25) is 0 Å². The molecule has 9 heteroatoms. The molecule has 0 aliphatic carbocycles. The molecule has 1 aliphatic rings. The van der Waals surface area contributed by atoms with Gasteiger partial charge in [-0.1, -0.05) is 68.1 Å². The highest BCUT2D eigenvalue weighted by Crippen LogP contribution is 2.37. The van der Waals surface area contributed by atoms with E-state index in [1.807, 2.05) is 65.9 Å². The molecule has 0 saturated heterocycles. The molecule has 37 heavy (non-hydrogen) atoms. The maximum atomic E-state index is 14.1. The molecule has 0 fully saturated rings. The molecule has 0 amide bonds. The number of hydrogen-bond acceptors (Lipinski definition) is 7. The molecule has 0 radical (unpaired) electrons. The molecular weight excluding hydrogens is 504 g/mol. The lowest BCUT2D eigenvalue weighted by Gasteiger charge is -2.26. The summed E-state index contributed by atoms with van der Waals surface area (Å²) in [5.41, 5.74) is 3.41. The number of thiophene rings is 1. The van der Waals surface area contributed by atoms with E-state index in [0.717, 1.165) is 26.5 Å². The predicted molar refractivity (Wildman–Crippen MR) is 147 cm³/mol. The Morgan fingerprint density at radius 1 is 1.16 bits per heavy atom. The highest BCUT2D eigenvalue weighted by atomic mass is 32.2. The first-order valence-corrected chi connectivity index (χ1v) is 14.1. The average Bonchev–Trinajstić information content (AvgIpc) is 3.49. The third-order valence-electron chi connectivity index (χ3n) is 6.77. The van der Waals surface area contributed by atoms with Crippen molar-refractivity contribution in [2.24, 2.45) is 5.92 Å². The zero-order valence-electron chi connectivity index (χ0n) is 20.8. The number of nitrogens with zero attached hydrogens (tertiary/aromatic N) is 4. The third-order valence-corrected chi connectivity index (χ3v) is 8.89. The van der Waals surface area contributed by atoms with Gasteiger partial charge in [-0.05, 0) is 36.1 Å². The quantitative estimate of drug-likeness (QED) is 0.214. The summed E-state index contributed by atoms with van der Waals surface area (Å²) in [5.74, 6) is 1.03. The zero-order valence-corrected chi connectivity index (χ0v) is 22.4. The first kappa shape index (κ1) is 24.1. The molecule has 188 valence electrons. The molecule has 0 saturated carbocycles. The third kappa shape index (κ3) is 4.21. The van der Waals surface area contributed by atoms with Gasteiger partial charge in [-0.25, -0.2) is 8.97 Å². The highest BCUT2D eigenvalue weighted by molar-refractivity contribution is 7.99. The van der Waals surface area contributed by atoms with Gasteiger partial charge in [-0.15, -0.1) is 21.5 Å². The number of Topliss-reactive ketones (excluding diaryl/α,β-unsaturated/α-hetero) is 1. The van der Waals surface area contributed by atoms with Crippen molar-refractivity contribution in [3.8, 4) is 5.69 Å². The minimum atomic E-state index is -0.0979. The highest BCUT2D eigenvalue weighted by Gasteiger charge is 2.30. The first-order valence-electron chi connectivity index (χ1n) is 12.3. The molecule has 2 aromatic carbocycles. The lowest BCUT2D eigenvalue weighted by molar-refractivity contribution is 0.00200. The van der Waals surface area contributed by atoms with Crippen LogP contribution in [0.15, 0.2) is 64.5 Å². The average molecular weight is 531 g/mol. The maximum absolute atomic E-state index is 14.1. The van der Waals surface area contributed by atoms with Gasteiger partial charge in [0.15, 0.2) is 10.9 Å². The summed E-state index contributed by atoms with van der Waals surface area (Å²) in [5, 5.41) is 10.2. The SMILES string of the molecule is Cc1cccc(-n2c(=O)c3c4c(sc3n3c(SCC(=O)c5ccccc5)nnc23)CO[C@@H](C(C)C)C4)c1. The minimum absolute atomic E-state index is 0.0178. The molecule has 6 rings (SSSR count). The van der Waals surface area contributed by atoms with Gasteiger partial charge in [0.2, 0.25) is 5.78 Å². The molecule has 4 heterocycles. The molecule has 1 aliphatic heterocycles. The van der Waals surface area contributed by atoms with Gasteiger partial charge >= 0.3 is 0 Å². The smallest absolute Gasteiger partial charge is 0.268 e. The van der Waals surface area contributed by atoms with Gasteiger partial charge in [0.25, 0.3) is 5.56 Å². The van der Waals surface area contributed by atoms with Crippen LogP contribution in [0.3, 0.4) is 0 Å². The molecular formula is C28H26N4O3S2. The predicted octanol–water partition coefficient (Wildman–Crippen LogP) is 5.48. The van der Waals surface area contributed by atoms with Crippen molar-refractivity contribution in [1.82, 2.24) is 19.2 Å². The second-order valence-electron chi connectivity index (χ2n) is 9.66. The van der Waals surface area contributed by atoms with Crippen molar-refractivity contribution in [3.63, 3.8) is 0 Å². The van der Waals surface area contributed by atoms with Crippen LogP contribution >= 0.6 is 23.1 Å². The Kier molecular flexibility index (Phi) is 6.22. The van der Waals surface area contributed by atoms with Crippen LogP contribution in [0.1, 0.15) is 40.2 Å². The van der Waals surface area contributed by atoms with Gasteiger partial charge in [0.1, 0.15) is 4.83 Å². The van der Waals surface area contributed by atoms with E-state index in [4.69, 9.17) is 4.74 Å². The summed E-state index contributed by atoms with van der Waals surface area (Å²) in [6, 6.07) is 17.1. The molecule has 3 aromatic heterocycles. The van der Waals surface area contributed by atoms with Gasteiger partial charge < -0.3 is 4.74 Å². The van der Waals surface area contributed by atoms with E-state index in [9.17, 15) is 9.59 Å². The summed E-state index contributed by atoms with van der Waals surface area (Å²) >= 11 is 2.90. The van der Waals surface area contributed by atoms with Gasteiger partial charge in [-0.2, -0.15) is 0 Å². The standard InChI is InChI=1S/C28H26N4O3S2/c1-16(2)22-13-20-23(14-35-22)37-26-24(20)25(34)31(19-11-7-8-17(3)12-19)27-29-30-28(32(26)27)36-15-21(33)18-9-5-4-6-10-18/h4-12,16,22H,13-15H2,1-3H3/t22-/m1/s1. The fourth-order valence-corrected chi connectivity index (χ4v) is 6.92.